The number of esters is 1. The molecule has 3 aromatic carbocycles. The largest absolute Gasteiger partial charge is 0.545 e. The zero-order chi connectivity index (χ0) is 25.4. The van der Waals surface area contributed by atoms with Crippen molar-refractivity contribution < 1.29 is 24.2 Å². The number of ether oxygens (including phenoxy) is 2. The van der Waals surface area contributed by atoms with Crippen LogP contribution in [0.15, 0.2) is 60.7 Å². The van der Waals surface area contributed by atoms with E-state index in [2.05, 4.69) is 45.9 Å². The van der Waals surface area contributed by atoms with Crippen molar-refractivity contribution in [3.05, 3.63) is 77.4 Å². The first kappa shape index (κ1) is 24.5. The summed E-state index contributed by atoms with van der Waals surface area (Å²) in [5.74, 6) is -1.08. The summed E-state index contributed by atoms with van der Waals surface area (Å²) in [6.45, 7) is 8.97. The SMILES string of the molecule is COC(=O)COc1ccc(-c2ccc(C(=O)[O-])cc2)cc1-c1ccc2c(c1)C(C)(C)CCC2(C)C. The highest BCUT2D eigenvalue weighted by atomic mass is 16.6. The molecule has 0 fully saturated rings. The molecule has 0 unspecified atom stereocenters. The van der Waals surface area contributed by atoms with Gasteiger partial charge in [0.05, 0.1) is 13.1 Å². The normalized spacial score (nSPS) is 15.7. The highest BCUT2D eigenvalue weighted by Gasteiger charge is 2.37. The molecule has 182 valence electrons. The van der Waals surface area contributed by atoms with Crippen molar-refractivity contribution in [2.24, 2.45) is 0 Å². The van der Waals surface area contributed by atoms with Crippen LogP contribution in [0, 0.1) is 0 Å². The molecule has 5 nitrogen and oxygen atoms in total. The molecule has 0 bridgehead atoms. The van der Waals surface area contributed by atoms with E-state index in [1.807, 2.05) is 18.2 Å². The Morgan fingerprint density at radius 3 is 2.03 bits per heavy atom. The van der Waals surface area contributed by atoms with Crippen molar-refractivity contribution in [3.8, 4) is 28.0 Å². The third-order valence-electron chi connectivity index (χ3n) is 7.17. The molecule has 0 radical (unpaired) electrons. The second-order valence-electron chi connectivity index (χ2n) is 10.5. The lowest BCUT2D eigenvalue weighted by atomic mass is 9.63. The summed E-state index contributed by atoms with van der Waals surface area (Å²) in [6, 6.07) is 18.9. The molecule has 0 N–H and O–H groups in total. The minimum Gasteiger partial charge on any atom is -0.545 e. The summed E-state index contributed by atoms with van der Waals surface area (Å²) in [5, 5.41) is 11.1. The zero-order valence-electron chi connectivity index (χ0n) is 20.9. The summed E-state index contributed by atoms with van der Waals surface area (Å²) >= 11 is 0. The molecular formula is C30H31O5-. The van der Waals surface area contributed by atoms with Gasteiger partial charge in [0, 0.05) is 5.56 Å². The van der Waals surface area contributed by atoms with E-state index >= 15 is 0 Å². The van der Waals surface area contributed by atoms with Crippen LogP contribution in [0.5, 0.6) is 5.75 Å². The Morgan fingerprint density at radius 1 is 0.800 bits per heavy atom. The fraction of sp³-hybridized carbons (Fsp3) is 0.333. The van der Waals surface area contributed by atoms with E-state index < -0.39 is 11.9 Å². The van der Waals surface area contributed by atoms with Gasteiger partial charge in [-0.3, -0.25) is 0 Å². The van der Waals surface area contributed by atoms with Crippen LogP contribution < -0.4 is 9.84 Å². The lowest BCUT2D eigenvalue weighted by Crippen LogP contribution is -2.33. The van der Waals surface area contributed by atoms with Crippen LogP contribution in [0.1, 0.15) is 62.0 Å². The Bertz CT molecular complexity index is 1270. The van der Waals surface area contributed by atoms with Gasteiger partial charge < -0.3 is 19.4 Å². The minimum atomic E-state index is -1.21. The molecule has 0 amide bonds. The van der Waals surface area contributed by atoms with Crippen LogP contribution >= 0.6 is 0 Å². The van der Waals surface area contributed by atoms with E-state index in [9.17, 15) is 14.7 Å². The molecule has 0 aliphatic heterocycles. The quantitative estimate of drug-likeness (QED) is 0.457. The standard InChI is InChI=1S/C30H32O5/c1-29(2)14-15-30(3,4)25-17-22(10-12-24(25)29)23-16-21(11-13-26(23)35-18-27(31)34-5)19-6-8-20(9-7-19)28(32)33/h6-13,16-17H,14-15,18H2,1-5H3,(H,32,33)/p-1. The van der Waals surface area contributed by atoms with Crippen molar-refractivity contribution in [3.63, 3.8) is 0 Å². The maximum atomic E-state index is 11.8. The number of hydrogen-bond donors (Lipinski definition) is 0. The highest BCUT2D eigenvalue weighted by Crippen LogP contribution is 2.47. The molecule has 0 saturated carbocycles. The molecule has 4 rings (SSSR count). The summed E-state index contributed by atoms with van der Waals surface area (Å²) in [5.41, 5.74) is 6.62. The van der Waals surface area contributed by atoms with E-state index in [0.717, 1.165) is 35.1 Å². The van der Waals surface area contributed by atoms with E-state index in [1.165, 1.54) is 30.4 Å². The topological polar surface area (TPSA) is 75.7 Å². The van der Waals surface area contributed by atoms with Crippen molar-refractivity contribution in [1.82, 2.24) is 0 Å². The predicted molar refractivity (Wildman–Crippen MR) is 134 cm³/mol. The van der Waals surface area contributed by atoms with E-state index in [-0.39, 0.29) is 23.0 Å². The van der Waals surface area contributed by atoms with Gasteiger partial charge in [-0.25, -0.2) is 4.79 Å². The van der Waals surface area contributed by atoms with Gasteiger partial charge in [0.25, 0.3) is 0 Å². The number of carbonyl (C=O) groups excluding carboxylic acids is 2. The molecule has 35 heavy (non-hydrogen) atoms. The third kappa shape index (κ3) is 4.95. The number of carboxylic acid groups (broad SMARTS) is 1. The fourth-order valence-electron chi connectivity index (χ4n) is 4.81. The second kappa shape index (κ2) is 9.21. The molecule has 3 aromatic rings. The second-order valence-corrected chi connectivity index (χ2v) is 10.5. The Morgan fingerprint density at radius 2 is 1.40 bits per heavy atom. The maximum absolute atomic E-state index is 11.8. The first-order valence-corrected chi connectivity index (χ1v) is 11.8. The molecule has 0 atom stereocenters. The molecule has 0 spiro atoms. The third-order valence-corrected chi connectivity index (χ3v) is 7.17. The predicted octanol–water partition coefficient (Wildman–Crippen LogP) is 5.28. The molecule has 5 heteroatoms. The van der Waals surface area contributed by atoms with Gasteiger partial charge >= 0.3 is 5.97 Å². The van der Waals surface area contributed by atoms with Gasteiger partial charge in [0.1, 0.15) is 5.75 Å². The lowest BCUT2D eigenvalue weighted by molar-refractivity contribution is -0.255. The summed E-state index contributed by atoms with van der Waals surface area (Å²) in [6.07, 6.45) is 2.24. The van der Waals surface area contributed by atoms with E-state index in [4.69, 9.17) is 9.47 Å². The summed E-state index contributed by atoms with van der Waals surface area (Å²) < 4.78 is 10.6. The number of carboxylic acids is 1. The Hall–Kier alpha value is -3.60. The van der Waals surface area contributed by atoms with E-state index in [1.54, 1.807) is 12.1 Å². The Balaban J connectivity index is 1.83. The number of rotatable bonds is 6. The smallest absolute Gasteiger partial charge is 0.343 e. The summed E-state index contributed by atoms with van der Waals surface area (Å²) in [7, 11) is 1.33. The van der Waals surface area contributed by atoms with Gasteiger partial charge in [-0.2, -0.15) is 0 Å². The van der Waals surface area contributed by atoms with Crippen molar-refractivity contribution in [2.75, 3.05) is 13.7 Å². The highest BCUT2D eigenvalue weighted by molar-refractivity contribution is 5.87. The number of methoxy groups -OCH3 is 1. The number of carbonyl (C=O) groups is 2. The van der Waals surface area contributed by atoms with Crippen LogP contribution in [-0.4, -0.2) is 25.7 Å². The molecule has 0 saturated heterocycles. The maximum Gasteiger partial charge on any atom is 0.343 e. The monoisotopic (exact) mass is 471 g/mol. The molecule has 0 aromatic heterocycles. The van der Waals surface area contributed by atoms with Gasteiger partial charge in [0.15, 0.2) is 6.61 Å². The van der Waals surface area contributed by atoms with Crippen LogP contribution in [0.4, 0.5) is 0 Å². The molecule has 1 aliphatic carbocycles. The Labute approximate surface area is 206 Å². The van der Waals surface area contributed by atoms with Gasteiger partial charge in [-0.1, -0.05) is 76.2 Å². The van der Waals surface area contributed by atoms with Gasteiger partial charge in [-0.05, 0) is 69.2 Å². The summed E-state index contributed by atoms with van der Waals surface area (Å²) in [4.78, 5) is 22.9. The fourth-order valence-corrected chi connectivity index (χ4v) is 4.81. The van der Waals surface area contributed by atoms with Crippen molar-refractivity contribution in [1.29, 1.82) is 0 Å². The number of benzene rings is 3. The van der Waals surface area contributed by atoms with Crippen LogP contribution in [0.25, 0.3) is 22.3 Å². The first-order chi connectivity index (χ1) is 16.5. The number of aromatic carboxylic acids is 1. The zero-order valence-corrected chi connectivity index (χ0v) is 20.9. The van der Waals surface area contributed by atoms with Crippen molar-refractivity contribution in [2.45, 2.75) is 51.4 Å². The minimum absolute atomic E-state index is 0.0478. The number of fused-ring (bicyclic) bond motifs is 1. The average molecular weight is 472 g/mol. The first-order valence-electron chi connectivity index (χ1n) is 11.8. The van der Waals surface area contributed by atoms with Crippen molar-refractivity contribution >= 4 is 11.9 Å². The molecular weight excluding hydrogens is 440 g/mol. The van der Waals surface area contributed by atoms with Crippen LogP contribution in [0.2, 0.25) is 0 Å². The van der Waals surface area contributed by atoms with Gasteiger partial charge in [-0.15, -0.1) is 0 Å². The lowest BCUT2D eigenvalue weighted by Gasteiger charge is -2.42. The van der Waals surface area contributed by atoms with Gasteiger partial charge in [0.2, 0.25) is 0 Å². The van der Waals surface area contributed by atoms with Crippen LogP contribution in [-0.2, 0) is 20.4 Å². The molecule has 1 aliphatic rings. The number of hydrogen-bond acceptors (Lipinski definition) is 5. The van der Waals surface area contributed by atoms with E-state index in [0.29, 0.717) is 5.75 Å². The van der Waals surface area contributed by atoms with Crippen LogP contribution in [0.3, 0.4) is 0 Å². The average Bonchev–Trinajstić information content (AvgIpc) is 2.85. The molecule has 0 heterocycles. The Kier molecular flexibility index (Phi) is 6.46.